The van der Waals surface area contributed by atoms with Crippen LogP contribution in [0.2, 0.25) is 0 Å². The molecular weight excluding hydrogens is 344 g/mol. The van der Waals surface area contributed by atoms with E-state index in [-0.39, 0.29) is 6.10 Å². The predicted molar refractivity (Wildman–Crippen MR) is 105 cm³/mol. The summed E-state index contributed by atoms with van der Waals surface area (Å²) in [5.74, 6) is -0.673. The number of rotatable bonds is 9. The molecule has 144 valence electrons. The van der Waals surface area contributed by atoms with Gasteiger partial charge in [0.15, 0.2) is 0 Å². The number of carbonyl (C=O) groups is 2. The van der Waals surface area contributed by atoms with Crippen molar-refractivity contribution in [2.24, 2.45) is 0 Å². The Morgan fingerprint density at radius 2 is 1.67 bits per heavy atom. The van der Waals surface area contributed by atoms with Gasteiger partial charge in [0.25, 0.3) is 0 Å². The van der Waals surface area contributed by atoms with Gasteiger partial charge in [0, 0.05) is 18.8 Å². The Morgan fingerprint density at radius 3 is 2.33 bits per heavy atom. The van der Waals surface area contributed by atoms with Crippen molar-refractivity contribution in [3.8, 4) is 5.75 Å². The zero-order valence-corrected chi connectivity index (χ0v) is 15.7. The lowest BCUT2D eigenvalue weighted by atomic mass is 10.2. The Labute approximate surface area is 159 Å². The van der Waals surface area contributed by atoms with E-state index in [1.165, 1.54) is 0 Å². The van der Waals surface area contributed by atoms with E-state index in [1.807, 2.05) is 44.2 Å². The van der Waals surface area contributed by atoms with E-state index >= 15 is 0 Å². The van der Waals surface area contributed by atoms with Crippen LogP contribution >= 0.6 is 0 Å². The largest absolute Gasteiger partial charge is 0.489 e. The van der Waals surface area contributed by atoms with Crippen molar-refractivity contribution in [1.82, 2.24) is 5.32 Å². The van der Waals surface area contributed by atoms with Crippen LogP contribution in [0, 0.1) is 0 Å². The van der Waals surface area contributed by atoms with Gasteiger partial charge in [-0.1, -0.05) is 30.3 Å². The van der Waals surface area contributed by atoms with Crippen molar-refractivity contribution in [3.05, 3.63) is 60.2 Å². The van der Waals surface area contributed by atoms with Crippen molar-refractivity contribution in [2.45, 2.75) is 33.0 Å². The van der Waals surface area contributed by atoms with E-state index in [4.69, 9.17) is 9.47 Å². The molecule has 0 aliphatic rings. The summed E-state index contributed by atoms with van der Waals surface area (Å²) >= 11 is 0. The van der Waals surface area contributed by atoms with Gasteiger partial charge in [-0.3, -0.25) is 9.59 Å². The SMILES string of the molecule is CC(C)OCCCNC(=O)C(=O)Nc1ccc(OCc2ccccc2)cc1. The van der Waals surface area contributed by atoms with Crippen LogP contribution in [0.1, 0.15) is 25.8 Å². The number of anilines is 1. The maximum Gasteiger partial charge on any atom is 0.313 e. The Hall–Kier alpha value is -2.86. The minimum Gasteiger partial charge on any atom is -0.489 e. The fourth-order valence-corrected chi connectivity index (χ4v) is 2.24. The zero-order chi connectivity index (χ0) is 19.5. The third-order valence-corrected chi connectivity index (χ3v) is 3.62. The van der Waals surface area contributed by atoms with Gasteiger partial charge < -0.3 is 20.1 Å². The quantitative estimate of drug-likeness (QED) is 0.525. The number of nitrogens with one attached hydrogen (secondary N) is 2. The Morgan fingerprint density at radius 1 is 0.963 bits per heavy atom. The maximum atomic E-state index is 11.9. The average Bonchev–Trinajstić information content (AvgIpc) is 2.67. The first-order valence-electron chi connectivity index (χ1n) is 9.02. The zero-order valence-electron chi connectivity index (χ0n) is 15.7. The third kappa shape index (κ3) is 7.92. The summed E-state index contributed by atoms with van der Waals surface area (Å²) in [7, 11) is 0. The highest BCUT2D eigenvalue weighted by atomic mass is 16.5. The molecule has 6 heteroatoms. The lowest BCUT2D eigenvalue weighted by Crippen LogP contribution is -2.36. The minimum absolute atomic E-state index is 0.156. The van der Waals surface area contributed by atoms with Gasteiger partial charge in [0.2, 0.25) is 0 Å². The molecule has 27 heavy (non-hydrogen) atoms. The summed E-state index contributed by atoms with van der Waals surface area (Å²) in [5, 5.41) is 5.13. The molecule has 2 aromatic rings. The van der Waals surface area contributed by atoms with Gasteiger partial charge in [-0.15, -0.1) is 0 Å². The first kappa shape index (κ1) is 20.5. The van der Waals surface area contributed by atoms with E-state index in [9.17, 15) is 9.59 Å². The Bertz CT molecular complexity index is 715. The van der Waals surface area contributed by atoms with E-state index < -0.39 is 11.8 Å². The molecule has 0 unspecified atom stereocenters. The topological polar surface area (TPSA) is 76.7 Å². The van der Waals surface area contributed by atoms with Crippen LogP contribution in [0.4, 0.5) is 5.69 Å². The first-order valence-corrected chi connectivity index (χ1v) is 9.02. The van der Waals surface area contributed by atoms with Gasteiger partial charge >= 0.3 is 11.8 Å². The minimum atomic E-state index is -0.697. The maximum absolute atomic E-state index is 11.9. The molecule has 0 spiro atoms. The summed E-state index contributed by atoms with van der Waals surface area (Å²) in [6, 6.07) is 16.7. The van der Waals surface area contributed by atoms with Gasteiger partial charge in [-0.25, -0.2) is 0 Å². The summed E-state index contributed by atoms with van der Waals surface area (Å²) in [5.41, 5.74) is 1.61. The lowest BCUT2D eigenvalue weighted by molar-refractivity contribution is -0.136. The highest BCUT2D eigenvalue weighted by Gasteiger charge is 2.13. The second-order valence-corrected chi connectivity index (χ2v) is 6.28. The molecule has 0 aliphatic heterocycles. The molecule has 2 rings (SSSR count). The fourth-order valence-electron chi connectivity index (χ4n) is 2.24. The summed E-state index contributed by atoms with van der Waals surface area (Å²) in [6.07, 6.45) is 0.814. The molecule has 2 N–H and O–H groups in total. The van der Waals surface area contributed by atoms with Crippen LogP contribution in [0.3, 0.4) is 0 Å². The molecule has 0 fully saturated rings. The van der Waals surface area contributed by atoms with Crippen molar-refractivity contribution in [2.75, 3.05) is 18.5 Å². The number of hydrogen-bond donors (Lipinski definition) is 2. The molecule has 2 aromatic carbocycles. The number of amides is 2. The highest BCUT2D eigenvalue weighted by molar-refractivity contribution is 6.39. The van der Waals surface area contributed by atoms with Crippen molar-refractivity contribution < 1.29 is 19.1 Å². The molecule has 2 amide bonds. The van der Waals surface area contributed by atoms with Crippen molar-refractivity contribution in [1.29, 1.82) is 0 Å². The Kier molecular flexibility index (Phi) is 8.32. The van der Waals surface area contributed by atoms with E-state index in [0.29, 0.717) is 37.6 Å². The van der Waals surface area contributed by atoms with Crippen molar-refractivity contribution >= 4 is 17.5 Å². The first-order chi connectivity index (χ1) is 13.0. The molecule has 6 nitrogen and oxygen atoms in total. The van der Waals surface area contributed by atoms with Crippen LogP contribution in [-0.2, 0) is 20.9 Å². The molecule has 0 saturated carbocycles. The Balaban J connectivity index is 1.71. The lowest BCUT2D eigenvalue weighted by Gasteiger charge is -2.09. The van der Waals surface area contributed by atoms with Gasteiger partial charge in [-0.2, -0.15) is 0 Å². The second kappa shape index (κ2) is 11.0. The number of benzene rings is 2. The van der Waals surface area contributed by atoms with E-state index in [1.54, 1.807) is 24.3 Å². The van der Waals surface area contributed by atoms with E-state index in [0.717, 1.165) is 5.56 Å². The van der Waals surface area contributed by atoms with Gasteiger partial charge in [0.05, 0.1) is 6.10 Å². The molecule has 0 bridgehead atoms. The van der Waals surface area contributed by atoms with Crippen LogP contribution in [0.25, 0.3) is 0 Å². The summed E-state index contributed by atoms with van der Waals surface area (Å²) in [6.45, 7) is 5.30. The second-order valence-electron chi connectivity index (χ2n) is 6.28. The monoisotopic (exact) mass is 370 g/mol. The van der Waals surface area contributed by atoms with Crippen molar-refractivity contribution in [3.63, 3.8) is 0 Å². The fraction of sp³-hybridized carbons (Fsp3) is 0.333. The molecule has 0 radical (unpaired) electrons. The summed E-state index contributed by atoms with van der Waals surface area (Å²) in [4.78, 5) is 23.7. The molecular formula is C21H26N2O4. The van der Waals surface area contributed by atoms with Gasteiger partial charge in [0.1, 0.15) is 12.4 Å². The third-order valence-electron chi connectivity index (χ3n) is 3.62. The summed E-state index contributed by atoms with van der Waals surface area (Å²) < 4.78 is 11.1. The highest BCUT2D eigenvalue weighted by Crippen LogP contribution is 2.17. The average molecular weight is 370 g/mol. The molecule has 0 heterocycles. The molecule has 0 aromatic heterocycles. The van der Waals surface area contributed by atoms with Crippen LogP contribution < -0.4 is 15.4 Å². The van der Waals surface area contributed by atoms with Crippen LogP contribution in [0.5, 0.6) is 5.75 Å². The van der Waals surface area contributed by atoms with Crippen LogP contribution in [-0.4, -0.2) is 31.1 Å². The smallest absolute Gasteiger partial charge is 0.313 e. The molecule has 0 atom stereocenters. The van der Waals surface area contributed by atoms with Gasteiger partial charge in [-0.05, 0) is 50.1 Å². The van der Waals surface area contributed by atoms with Crippen LogP contribution in [0.15, 0.2) is 54.6 Å². The predicted octanol–water partition coefficient (Wildman–Crippen LogP) is 3.14. The number of carbonyl (C=O) groups excluding carboxylic acids is 2. The number of ether oxygens (including phenoxy) is 2. The normalized spacial score (nSPS) is 10.5. The standard InChI is InChI=1S/C21H26N2O4/c1-16(2)26-14-6-13-22-20(24)21(25)23-18-9-11-19(12-10-18)27-15-17-7-4-3-5-8-17/h3-5,7-12,16H,6,13-15H2,1-2H3,(H,22,24)(H,23,25). The van der Waals surface area contributed by atoms with E-state index in [2.05, 4.69) is 10.6 Å². The number of hydrogen-bond acceptors (Lipinski definition) is 4. The molecule has 0 aliphatic carbocycles. The molecule has 0 saturated heterocycles.